The number of fused-ring (bicyclic) bond motifs is 1. The maximum Gasteiger partial charge on any atom is 0.285 e. The summed E-state index contributed by atoms with van der Waals surface area (Å²) in [5, 5.41) is 12.8. The molecule has 1 aliphatic rings. The highest BCUT2D eigenvalue weighted by molar-refractivity contribution is 5.95. The van der Waals surface area contributed by atoms with E-state index >= 15 is 0 Å². The Kier molecular flexibility index (Phi) is 6.39. The minimum Gasteiger partial charge on any atom is -0.459 e. The van der Waals surface area contributed by atoms with Gasteiger partial charge >= 0.3 is 0 Å². The Labute approximate surface area is 186 Å². The van der Waals surface area contributed by atoms with Crippen molar-refractivity contribution in [1.82, 2.24) is 9.88 Å². The molecule has 2 aromatic carbocycles. The molecule has 166 valence electrons. The van der Waals surface area contributed by atoms with E-state index in [4.69, 9.17) is 9.47 Å². The van der Waals surface area contributed by atoms with Gasteiger partial charge in [0.1, 0.15) is 0 Å². The zero-order valence-corrected chi connectivity index (χ0v) is 18.1. The lowest BCUT2D eigenvalue weighted by Crippen LogP contribution is -2.31. The van der Waals surface area contributed by atoms with Gasteiger partial charge in [-0.25, -0.2) is 0 Å². The molecule has 0 unspecified atom stereocenters. The number of amides is 1. The van der Waals surface area contributed by atoms with Crippen LogP contribution in [0.15, 0.2) is 66.6 Å². The van der Waals surface area contributed by atoms with Crippen molar-refractivity contribution in [3.8, 4) is 0 Å². The van der Waals surface area contributed by atoms with E-state index < -0.39 is 6.29 Å². The van der Waals surface area contributed by atoms with E-state index in [0.717, 1.165) is 27.6 Å². The number of benzene rings is 2. The lowest BCUT2D eigenvalue weighted by Gasteiger charge is -2.29. The van der Waals surface area contributed by atoms with E-state index in [1.807, 2.05) is 54.7 Å². The number of allylic oxidation sites excluding steroid dienone is 1. The molecule has 3 aromatic rings. The van der Waals surface area contributed by atoms with Gasteiger partial charge in [-0.15, -0.1) is 0 Å². The molecule has 2 atom stereocenters. The van der Waals surface area contributed by atoms with E-state index in [1.54, 1.807) is 17.7 Å². The highest BCUT2D eigenvalue weighted by Crippen LogP contribution is 2.36. The average Bonchev–Trinajstić information content (AvgIpc) is 3.22. The van der Waals surface area contributed by atoms with Gasteiger partial charge in [0.05, 0.1) is 18.7 Å². The van der Waals surface area contributed by atoms with Crippen molar-refractivity contribution in [2.24, 2.45) is 0 Å². The van der Waals surface area contributed by atoms with E-state index in [0.29, 0.717) is 13.0 Å². The van der Waals surface area contributed by atoms with Gasteiger partial charge in [-0.05, 0) is 28.8 Å². The van der Waals surface area contributed by atoms with Gasteiger partial charge in [-0.3, -0.25) is 14.2 Å². The number of ether oxygens (including phenoxy) is 2. The predicted molar refractivity (Wildman–Crippen MR) is 120 cm³/mol. The lowest BCUT2D eigenvalue weighted by atomic mass is 9.92. The molecular weight excluding hydrogens is 408 g/mol. The van der Waals surface area contributed by atoms with Crippen LogP contribution < -0.4 is 5.32 Å². The summed E-state index contributed by atoms with van der Waals surface area (Å²) in [6, 6.07) is 15.2. The Morgan fingerprint density at radius 1 is 1.16 bits per heavy atom. The van der Waals surface area contributed by atoms with E-state index in [9.17, 15) is 14.7 Å². The molecule has 7 nitrogen and oxygen atoms in total. The number of nitrogens with zero attached hydrogens (tertiary/aromatic N) is 1. The molecule has 4 rings (SSSR count). The number of hydrogen-bond donors (Lipinski definition) is 2. The fraction of sp³-hybridized carbons (Fsp3) is 0.280. The average molecular weight is 434 g/mol. The van der Waals surface area contributed by atoms with Crippen LogP contribution >= 0.6 is 0 Å². The summed E-state index contributed by atoms with van der Waals surface area (Å²) >= 11 is 0. The van der Waals surface area contributed by atoms with Crippen LogP contribution in [0.5, 0.6) is 0 Å². The number of carbonyl (C=O) groups excluding carboxylic acids is 2. The highest BCUT2D eigenvalue weighted by Gasteiger charge is 2.30. The second-order valence-electron chi connectivity index (χ2n) is 7.78. The molecule has 7 heteroatoms. The Morgan fingerprint density at radius 3 is 2.56 bits per heavy atom. The van der Waals surface area contributed by atoms with Crippen molar-refractivity contribution in [2.75, 3.05) is 7.05 Å². The van der Waals surface area contributed by atoms with Gasteiger partial charge in [0, 0.05) is 37.9 Å². The molecule has 0 aliphatic carbocycles. The fourth-order valence-corrected chi connectivity index (χ4v) is 3.95. The summed E-state index contributed by atoms with van der Waals surface area (Å²) in [7, 11) is 1.55. The number of carbonyl (C=O) groups is 2. The summed E-state index contributed by atoms with van der Waals surface area (Å²) < 4.78 is 13.5. The number of rotatable bonds is 6. The summed E-state index contributed by atoms with van der Waals surface area (Å²) in [6.45, 7) is 1.82. The second-order valence-corrected chi connectivity index (χ2v) is 7.78. The zero-order chi connectivity index (χ0) is 22.7. The number of para-hydroxylation sites is 1. The topological polar surface area (TPSA) is 89.8 Å². The molecule has 0 spiro atoms. The lowest BCUT2D eigenvalue weighted by molar-refractivity contribution is -0.150. The van der Waals surface area contributed by atoms with Gasteiger partial charge in [0.2, 0.25) is 12.2 Å². The SMILES string of the molecule is CNC(=O)C1=C[C@@H](c2cn(C(C)=O)c3ccccc23)C[C@@H](OCc2ccc(CO)cc2)O1. The molecule has 32 heavy (non-hydrogen) atoms. The molecule has 1 aliphatic heterocycles. The maximum absolute atomic E-state index is 12.4. The maximum atomic E-state index is 12.4. The third kappa shape index (κ3) is 4.44. The summed E-state index contributed by atoms with van der Waals surface area (Å²) in [5.74, 6) is -0.368. The predicted octanol–water partition coefficient (Wildman–Crippen LogP) is 3.47. The molecule has 0 bridgehead atoms. The van der Waals surface area contributed by atoms with Crippen molar-refractivity contribution in [3.05, 3.63) is 83.3 Å². The van der Waals surface area contributed by atoms with Crippen molar-refractivity contribution in [3.63, 3.8) is 0 Å². The Hall–Kier alpha value is -3.42. The van der Waals surface area contributed by atoms with Crippen molar-refractivity contribution < 1.29 is 24.2 Å². The molecule has 2 N–H and O–H groups in total. The van der Waals surface area contributed by atoms with Crippen molar-refractivity contribution in [2.45, 2.75) is 38.8 Å². The quantitative estimate of drug-likeness (QED) is 0.620. The van der Waals surface area contributed by atoms with Gasteiger partial charge in [-0.2, -0.15) is 0 Å². The first-order valence-corrected chi connectivity index (χ1v) is 10.5. The first-order chi connectivity index (χ1) is 15.5. The molecular formula is C25H26N2O5. The van der Waals surface area contributed by atoms with Gasteiger partial charge in [0.15, 0.2) is 5.76 Å². The number of aromatic nitrogens is 1. The van der Waals surface area contributed by atoms with Crippen LogP contribution in [0.1, 0.15) is 40.7 Å². The first kappa shape index (κ1) is 21.8. The number of aliphatic hydroxyl groups is 1. The first-order valence-electron chi connectivity index (χ1n) is 10.5. The van der Waals surface area contributed by atoms with Crippen LogP contribution in [0.2, 0.25) is 0 Å². The molecule has 1 aromatic heterocycles. The standard InChI is InChI=1S/C25H26N2O5/c1-16(29)27-13-21(20-5-3-4-6-22(20)27)19-11-23(25(30)26-2)32-24(12-19)31-15-18-9-7-17(14-28)8-10-18/h3-11,13,19,24,28H,12,14-15H2,1-2H3,(H,26,30)/t19-,24+/m1/s1. The molecule has 0 saturated heterocycles. The second kappa shape index (κ2) is 9.38. The largest absolute Gasteiger partial charge is 0.459 e. The fourth-order valence-electron chi connectivity index (χ4n) is 3.95. The molecule has 0 radical (unpaired) electrons. The third-order valence-corrected chi connectivity index (χ3v) is 5.63. The summed E-state index contributed by atoms with van der Waals surface area (Å²) in [5.41, 5.74) is 3.54. The Morgan fingerprint density at radius 2 is 1.88 bits per heavy atom. The van der Waals surface area contributed by atoms with Crippen LogP contribution in [0.3, 0.4) is 0 Å². The van der Waals surface area contributed by atoms with E-state index in [2.05, 4.69) is 5.32 Å². The third-order valence-electron chi connectivity index (χ3n) is 5.63. The normalized spacial score (nSPS) is 18.2. The van der Waals surface area contributed by atoms with Gasteiger partial charge < -0.3 is 19.9 Å². The Balaban J connectivity index is 1.62. The zero-order valence-electron chi connectivity index (χ0n) is 18.1. The van der Waals surface area contributed by atoms with Crippen LogP contribution in [0, 0.1) is 0 Å². The Bertz CT molecular complexity index is 1160. The number of nitrogens with one attached hydrogen (secondary N) is 1. The molecule has 0 saturated carbocycles. The number of aliphatic hydroxyl groups excluding tert-OH is 1. The molecule has 2 heterocycles. The van der Waals surface area contributed by atoms with E-state index in [1.165, 1.54) is 6.92 Å². The van der Waals surface area contributed by atoms with Crippen LogP contribution in [-0.4, -0.2) is 34.8 Å². The highest BCUT2D eigenvalue weighted by atomic mass is 16.7. The molecule has 0 fully saturated rings. The van der Waals surface area contributed by atoms with Crippen LogP contribution in [-0.2, 0) is 27.5 Å². The monoisotopic (exact) mass is 434 g/mol. The molecule has 1 amide bonds. The van der Waals surface area contributed by atoms with E-state index in [-0.39, 0.29) is 30.1 Å². The minimum absolute atomic E-state index is 0.0112. The number of hydrogen-bond acceptors (Lipinski definition) is 5. The summed E-state index contributed by atoms with van der Waals surface area (Å²) in [4.78, 5) is 24.5. The van der Waals surface area contributed by atoms with Crippen LogP contribution in [0.4, 0.5) is 0 Å². The van der Waals surface area contributed by atoms with Gasteiger partial charge in [-0.1, -0.05) is 42.5 Å². The summed E-state index contributed by atoms with van der Waals surface area (Å²) in [6.07, 6.45) is 3.50. The van der Waals surface area contributed by atoms with Crippen molar-refractivity contribution in [1.29, 1.82) is 0 Å². The van der Waals surface area contributed by atoms with Gasteiger partial charge in [0.25, 0.3) is 5.91 Å². The number of likely N-dealkylation sites (N-methyl/N-ethyl adjacent to an activating group) is 1. The minimum atomic E-state index is -0.630. The van der Waals surface area contributed by atoms with Crippen molar-refractivity contribution >= 4 is 22.7 Å². The van der Waals surface area contributed by atoms with Crippen LogP contribution in [0.25, 0.3) is 10.9 Å². The smallest absolute Gasteiger partial charge is 0.285 e.